The molecule has 444 valence electrons. The predicted molar refractivity (Wildman–Crippen MR) is 270 cm³/mol. The molecule has 32 heteroatoms. The highest BCUT2D eigenvalue weighted by Crippen LogP contribution is 2.44. The SMILES string of the molecule is C.C.CC(C)(C)OC(=O)N1CCC(n2nc(Oc3cc(C(F)(F)F)ccn3)c3c(N(C(=O)OC(C)(C)C)C(=O)OC(C)(C)C)ncnc32)C(F)(F)C1.Nc1ncnc2c1c(Oc1cc(C(F)(F)F)ccn1)nn2C1CCNCC1(F)F. The molecule has 8 heterocycles. The number of aromatic nitrogens is 10. The second-order valence-corrected chi connectivity index (χ2v) is 20.8. The van der Waals surface area contributed by atoms with Gasteiger partial charge in [0.15, 0.2) is 17.1 Å². The lowest BCUT2D eigenvalue weighted by Crippen LogP contribution is -2.52. The third-order valence-corrected chi connectivity index (χ3v) is 11.1. The van der Waals surface area contributed by atoms with Crippen LogP contribution < -0.4 is 25.4 Å². The number of nitrogens with zero attached hydrogens (tertiary/aromatic N) is 12. The molecule has 0 spiro atoms. The van der Waals surface area contributed by atoms with Crippen LogP contribution in [0.25, 0.3) is 22.1 Å². The summed E-state index contributed by atoms with van der Waals surface area (Å²) < 4.78 is 169. The van der Waals surface area contributed by atoms with Crippen molar-refractivity contribution in [3.63, 3.8) is 0 Å². The van der Waals surface area contributed by atoms with Gasteiger partial charge in [-0.05, 0) is 93.8 Å². The lowest BCUT2D eigenvalue weighted by molar-refractivity contribution is -0.138. The molecular weight excluding hydrogens is 1100 g/mol. The van der Waals surface area contributed by atoms with Crippen molar-refractivity contribution in [2.75, 3.05) is 36.8 Å². The van der Waals surface area contributed by atoms with E-state index in [2.05, 4.69) is 45.4 Å². The summed E-state index contributed by atoms with van der Waals surface area (Å²) >= 11 is 0. The van der Waals surface area contributed by atoms with Gasteiger partial charge in [-0.1, -0.05) is 14.9 Å². The number of likely N-dealkylation sites (tertiary alicyclic amines) is 1. The number of alkyl halides is 10. The van der Waals surface area contributed by atoms with E-state index >= 15 is 8.78 Å². The largest absolute Gasteiger partial charge is 0.444 e. The van der Waals surface area contributed by atoms with Crippen LogP contribution in [0.5, 0.6) is 23.5 Å². The van der Waals surface area contributed by atoms with E-state index in [9.17, 15) is 49.5 Å². The number of nitrogens with two attached hydrogens (primary N) is 1. The molecule has 0 bridgehead atoms. The maximum Gasteiger partial charge on any atom is 0.425 e. The number of imide groups is 1. The maximum atomic E-state index is 15.9. The van der Waals surface area contributed by atoms with Crippen molar-refractivity contribution >= 4 is 52.0 Å². The minimum atomic E-state index is -4.80. The van der Waals surface area contributed by atoms with Gasteiger partial charge in [0.1, 0.15) is 58.1 Å². The number of carbonyl (C=O) groups is 3. The van der Waals surface area contributed by atoms with Gasteiger partial charge in [0.05, 0.1) is 24.2 Å². The highest BCUT2D eigenvalue weighted by Gasteiger charge is 2.50. The average Bonchev–Trinajstić information content (AvgIpc) is 3.85. The Hall–Kier alpha value is -7.93. The Morgan fingerprint density at radius 2 is 1.10 bits per heavy atom. The first-order valence-corrected chi connectivity index (χ1v) is 23.8. The van der Waals surface area contributed by atoms with E-state index in [4.69, 9.17) is 29.4 Å². The number of carbonyl (C=O) groups excluding carboxylic acids is 3. The molecule has 2 aliphatic heterocycles. The Morgan fingerprint density at radius 1 is 0.642 bits per heavy atom. The van der Waals surface area contributed by atoms with Crippen LogP contribution >= 0.6 is 0 Å². The number of nitrogens with one attached hydrogen (secondary N) is 1. The van der Waals surface area contributed by atoms with E-state index in [-0.39, 0.29) is 50.6 Å². The topological polar surface area (TPSA) is 255 Å². The first-order chi connectivity index (χ1) is 36.4. The zero-order valence-electron chi connectivity index (χ0n) is 43.5. The summed E-state index contributed by atoms with van der Waals surface area (Å²) in [5, 5.41) is 10.4. The fourth-order valence-corrected chi connectivity index (χ4v) is 7.82. The predicted octanol–water partition coefficient (Wildman–Crippen LogP) is 11.6. The van der Waals surface area contributed by atoms with Crippen molar-refractivity contribution < 1.29 is 82.0 Å². The van der Waals surface area contributed by atoms with Crippen LogP contribution in [-0.4, -0.2) is 127 Å². The fourth-order valence-electron chi connectivity index (χ4n) is 7.82. The number of hydrogen-bond donors (Lipinski definition) is 2. The number of rotatable bonds is 7. The summed E-state index contributed by atoms with van der Waals surface area (Å²) in [6.45, 7) is 12.4. The van der Waals surface area contributed by atoms with Gasteiger partial charge in [0.25, 0.3) is 23.6 Å². The zero-order chi connectivity index (χ0) is 58.4. The average molecular weight is 1160 g/mol. The molecule has 2 fully saturated rings. The number of piperidine rings is 2. The van der Waals surface area contributed by atoms with Gasteiger partial charge in [-0.25, -0.2) is 71.2 Å². The Balaban J connectivity index is 0.000000329. The van der Waals surface area contributed by atoms with Gasteiger partial charge in [0.2, 0.25) is 11.8 Å². The van der Waals surface area contributed by atoms with E-state index < -0.39 is 136 Å². The third-order valence-electron chi connectivity index (χ3n) is 11.1. The molecule has 2 saturated heterocycles. The first-order valence-electron chi connectivity index (χ1n) is 23.8. The smallest absolute Gasteiger partial charge is 0.425 e. The van der Waals surface area contributed by atoms with Crippen LogP contribution in [0.2, 0.25) is 0 Å². The normalized spacial score (nSPS) is 17.4. The van der Waals surface area contributed by atoms with Crippen molar-refractivity contribution in [1.29, 1.82) is 0 Å². The van der Waals surface area contributed by atoms with Crippen molar-refractivity contribution in [3.8, 4) is 23.5 Å². The number of pyridine rings is 2. The van der Waals surface area contributed by atoms with Crippen LogP contribution in [0.4, 0.5) is 69.9 Å². The molecule has 0 radical (unpaired) electrons. The Bertz CT molecular complexity index is 3200. The molecule has 0 aliphatic carbocycles. The maximum absolute atomic E-state index is 15.9. The van der Waals surface area contributed by atoms with E-state index in [1.807, 2.05) is 0 Å². The second-order valence-electron chi connectivity index (χ2n) is 20.8. The molecular formula is C49H60F10N14O8. The van der Waals surface area contributed by atoms with Gasteiger partial charge in [-0.3, -0.25) is 0 Å². The van der Waals surface area contributed by atoms with Gasteiger partial charge in [0, 0.05) is 31.1 Å². The van der Waals surface area contributed by atoms with Crippen LogP contribution in [-0.2, 0) is 26.6 Å². The number of hydrogen-bond acceptors (Lipinski definition) is 18. The highest BCUT2D eigenvalue weighted by atomic mass is 19.4. The van der Waals surface area contributed by atoms with Gasteiger partial charge in [-0.2, -0.15) is 31.2 Å². The van der Waals surface area contributed by atoms with E-state index in [0.29, 0.717) is 29.6 Å². The van der Waals surface area contributed by atoms with Crippen molar-refractivity contribution in [3.05, 3.63) is 60.4 Å². The van der Waals surface area contributed by atoms with Crippen LogP contribution in [0.1, 0.15) is 113 Å². The number of ether oxygens (including phenoxy) is 5. The molecule has 8 rings (SSSR count). The lowest BCUT2D eigenvalue weighted by Gasteiger charge is -2.38. The molecule has 0 aromatic carbocycles. The van der Waals surface area contributed by atoms with Crippen molar-refractivity contribution in [2.24, 2.45) is 0 Å². The second kappa shape index (κ2) is 23.3. The van der Waals surface area contributed by atoms with Crippen molar-refractivity contribution in [2.45, 2.75) is 143 Å². The quantitative estimate of drug-likeness (QED) is 0.111. The molecule has 81 heavy (non-hydrogen) atoms. The summed E-state index contributed by atoms with van der Waals surface area (Å²) in [7, 11) is 0. The zero-order valence-corrected chi connectivity index (χ0v) is 43.5. The number of anilines is 2. The summed E-state index contributed by atoms with van der Waals surface area (Å²) in [6.07, 6.45) is -9.64. The van der Waals surface area contributed by atoms with Gasteiger partial charge >= 0.3 is 30.6 Å². The molecule has 6 aromatic rings. The van der Waals surface area contributed by atoms with Crippen molar-refractivity contribution in [1.82, 2.24) is 59.7 Å². The summed E-state index contributed by atoms with van der Waals surface area (Å²) in [5.74, 6) is -9.59. The molecule has 3 amide bonds. The Labute approximate surface area is 456 Å². The fraction of sp³-hybridized carbons (Fsp3) is 0.531. The minimum Gasteiger partial charge on any atom is -0.444 e. The molecule has 0 saturated carbocycles. The first kappa shape index (κ1) is 63.9. The summed E-state index contributed by atoms with van der Waals surface area (Å²) in [6, 6.07) is -0.478. The molecule has 2 unspecified atom stereocenters. The number of halogens is 10. The van der Waals surface area contributed by atoms with Crippen LogP contribution in [0, 0.1) is 0 Å². The monoisotopic (exact) mass is 1160 g/mol. The number of fused-ring (bicyclic) bond motifs is 2. The molecule has 2 atom stereocenters. The standard InChI is InChI=1S/C31H38F5N7O7.C16H14F5N7O.2CH4/c1-27(2,3)48-24(44)41-13-11-18(30(32,33)15-41)43-22-20(23(40-43)47-19-14-17(10-12-37-19)31(34,35)36)21(38-16-39-22)42(25(45)49-28(4,5)6)26(46)50-29(7,8)9;17-15(18)6-23-3-2-9(15)28-13-11(12(22)25-7-26-13)14(27-28)29-10-5-8(1-4-24-10)16(19,20)21;;/h10,12,14,16,18H,11,13,15H2,1-9H3;1,4-5,7,9,23H,2-3,6H2,(H2,22,25,26);2*1H4. The highest BCUT2D eigenvalue weighted by molar-refractivity contribution is 6.14. The Kier molecular flexibility index (Phi) is 18.4. The Morgan fingerprint density at radius 3 is 1.56 bits per heavy atom. The summed E-state index contributed by atoms with van der Waals surface area (Å²) in [5.41, 5.74) is 0.0383. The number of nitrogen functional groups attached to an aromatic ring is 1. The minimum absolute atomic E-state index is 0. The molecule has 22 nitrogen and oxygen atoms in total. The van der Waals surface area contributed by atoms with E-state index in [0.717, 1.165) is 45.4 Å². The van der Waals surface area contributed by atoms with Gasteiger partial charge < -0.3 is 39.6 Å². The van der Waals surface area contributed by atoms with E-state index in [1.165, 1.54) is 41.5 Å². The van der Waals surface area contributed by atoms with Crippen LogP contribution in [0.15, 0.2) is 49.3 Å². The van der Waals surface area contributed by atoms with Gasteiger partial charge in [-0.15, -0.1) is 10.2 Å². The summed E-state index contributed by atoms with van der Waals surface area (Å²) in [4.78, 5) is 64.4. The lowest BCUT2D eigenvalue weighted by atomic mass is 10.0. The third kappa shape index (κ3) is 15.1. The number of amides is 3. The van der Waals surface area contributed by atoms with Crippen LogP contribution in [0.3, 0.4) is 0 Å². The van der Waals surface area contributed by atoms with E-state index in [1.54, 1.807) is 20.8 Å². The molecule has 2 aliphatic rings. The molecule has 6 aromatic heterocycles. The molecule has 3 N–H and O–H groups in total.